The van der Waals surface area contributed by atoms with E-state index in [1.165, 1.54) is 6.07 Å². The second-order valence-corrected chi connectivity index (χ2v) is 6.06. The Morgan fingerprint density at radius 2 is 1.87 bits per heavy atom. The zero-order valence-electron chi connectivity index (χ0n) is 13.6. The molecule has 0 aliphatic carbocycles. The third kappa shape index (κ3) is 5.49. The zero-order chi connectivity index (χ0) is 16.2. The van der Waals surface area contributed by atoms with Crippen molar-refractivity contribution in [2.45, 2.75) is 26.2 Å². The first-order chi connectivity index (χ1) is 10.4. The van der Waals surface area contributed by atoms with Gasteiger partial charge in [0, 0.05) is 11.1 Å². The van der Waals surface area contributed by atoms with Gasteiger partial charge in [-0.05, 0) is 36.2 Å². The number of anilines is 1. The molecule has 5 heteroatoms. The third-order valence-corrected chi connectivity index (χ3v) is 3.54. The van der Waals surface area contributed by atoms with Crippen LogP contribution in [0.5, 0.6) is 0 Å². The summed E-state index contributed by atoms with van der Waals surface area (Å²) in [6.45, 7) is 6.32. The lowest BCUT2D eigenvalue weighted by atomic mass is 9.84. The smallest absolute Gasteiger partial charge is 0.193 e. The number of rotatable bonds is 4. The number of aryl methyl sites for hydroxylation is 1. The molecule has 0 saturated heterocycles. The molecular weight excluding hydrogens is 404 g/mol. The predicted octanol–water partition coefficient (Wildman–Crippen LogP) is 4.46. The fourth-order valence-electron chi connectivity index (χ4n) is 2.29. The maximum absolute atomic E-state index is 13.9. The SMILES string of the molecule is Cc1cccc(NC(N)=NCC(C)(C)c2ccccc2F)c1.I. The van der Waals surface area contributed by atoms with E-state index < -0.39 is 5.41 Å². The molecule has 0 fully saturated rings. The Morgan fingerprint density at radius 3 is 2.52 bits per heavy atom. The Bertz CT molecular complexity index is 683. The van der Waals surface area contributed by atoms with Crippen molar-refractivity contribution in [3.63, 3.8) is 0 Å². The van der Waals surface area contributed by atoms with Gasteiger partial charge >= 0.3 is 0 Å². The number of halogens is 2. The standard InChI is InChI=1S/C18H22FN3.HI/c1-13-7-6-8-14(11-13)22-17(20)21-12-18(2,3)15-9-4-5-10-16(15)19;/h4-11H,12H2,1-3H3,(H3,20,21,22);1H. The molecule has 23 heavy (non-hydrogen) atoms. The average molecular weight is 427 g/mol. The molecule has 0 amide bonds. The summed E-state index contributed by atoms with van der Waals surface area (Å²) >= 11 is 0. The first-order valence-corrected chi connectivity index (χ1v) is 7.27. The van der Waals surface area contributed by atoms with E-state index in [-0.39, 0.29) is 29.8 Å². The van der Waals surface area contributed by atoms with Crippen LogP contribution in [-0.4, -0.2) is 12.5 Å². The van der Waals surface area contributed by atoms with Gasteiger partial charge in [0.15, 0.2) is 5.96 Å². The summed E-state index contributed by atoms with van der Waals surface area (Å²) in [7, 11) is 0. The number of nitrogens with two attached hydrogens (primary N) is 1. The first kappa shape index (κ1) is 19.4. The highest BCUT2D eigenvalue weighted by molar-refractivity contribution is 14.0. The fraction of sp³-hybridized carbons (Fsp3) is 0.278. The van der Waals surface area contributed by atoms with Crippen molar-refractivity contribution in [1.29, 1.82) is 0 Å². The van der Waals surface area contributed by atoms with Gasteiger partial charge in [0.25, 0.3) is 0 Å². The summed E-state index contributed by atoms with van der Waals surface area (Å²) in [6, 6.07) is 14.7. The molecule has 0 unspecified atom stereocenters. The van der Waals surface area contributed by atoms with E-state index in [1.54, 1.807) is 12.1 Å². The minimum Gasteiger partial charge on any atom is -0.370 e. The van der Waals surface area contributed by atoms with Crippen LogP contribution in [0.15, 0.2) is 53.5 Å². The second-order valence-electron chi connectivity index (χ2n) is 6.06. The molecule has 0 radical (unpaired) electrons. The number of nitrogens with one attached hydrogen (secondary N) is 1. The lowest BCUT2D eigenvalue weighted by Gasteiger charge is -2.23. The van der Waals surface area contributed by atoms with E-state index in [0.29, 0.717) is 18.1 Å². The van der Waals surface area contributed by atoms with Crippen LogP contribution in [0.4, 0.5) is 10.1 Å². The topological polar surface area (TPSA) is 50.4 Å². The van der Waals surface area contributed by atoms with Crippen molar-refractivity contribution < 1.29 is 4.39 Å². The van der Waals surface area contributed by atoms with Gasteiger partial charge in [-0.1, -0.05) is 44.2 Å². The summed E-state index contributed by atoms with van der Waals surface area (Å²) in [5.41, 5.74) is 8.18. The van der Waals surface area contributed by atoms with Crippen LogP contribution in [0.3, 0.4) is 0 Å². The van der Waals surface area contributed by atoms with E-state index in [0.717, 1.165) is 11.3 Å². The number of guanidine groups is 1. The normalized spacial score (nSPS) is 11.7. The van der Waals surface area contributed by atoms with Crippen LogP contribution in [0.25, 0.3) is 0 Å². The van der Waals surface area contributed by atoms with Crippen LogP contribution >= 0.6 is 24.0 Å². The summed E-state index contributed by atoms with van der Waals surface area (Å²) in [4.78, 5) is 4.35. The summed E-state index contributed by atoms with van der Waals surface area (Å²) in [6.07, 6.45) is 0. The molecule has 0 bridgehead atoms. The molecule has 3 N–H and O–H groups in total. The molecule has 0 heterocycles. The van der Waals surface area contributed by atoms with Crippen molar-refractivity contribution >= 4 is 35.6 Å². The molecule has 2 rings (SSSR count). The molecule has 0 saturated carbocycles. The lowest BCUT2D eigenvalue weighted by Crippen LogP contribution is -2.28. The Hall–Kier alpha value is -1.63. The van der Waals surface area contributed by atoms with Crippen LogP contribution in [0.2, 0.25) is 0 Å². The van der Waals surface area contributed by atoms with Gasteiger partial charge in [-0.3, -0.25) is 4.99 Å². The zero-order valence-corrected chi connectivity index (χ0v) is 16.0. The van der Waals surface area contributed by atoms with Crippen LogP contribution in [0.1, 0.15) is 25.0 Å². The highest BCUT2D eigenvalue weighted by Gasteiger charge is 2.23. The minimum absolute atomic E-state index is 0. The van der Waals surface area contributed by atoms with Gasteiger partial charge in [0.1, 0.15) is 5.82 Å². The molecule has 0 aliphatic heterocycles. The number of benzene rings is 2. The van der Waals surface area contributed by atoms with Gasteiger partial charge in [-0.25, -0.2) is 4.39 Å². The van der Waals surface area contributed by atoms with Crippen molar-refractivity contribution in [2.24, 2.45) is 10.7 Å². The molecule has 0 atom stereocenters. The molecule has 124 valence electrons. The van der Waals surface area contributed by atoms with Crippen LogP contribution < -0.4 is 11.1 Å². The molecule has 2 aromatic carbocycles. The van der Waals surface area contributed by atoms with Gasteiger partial charge < -0.3 is 11.1 Å². The molecule has 0 spiro atoms. The van der Waals surface area contributed by atoms with Crippen molar-refractivity contribution in [1.82, 2.24) is 0 Å². The number of nitrogens with zero attached hydrogens (tertiary/aromatic N) is 1. The minimum atomic E-state index is -0.426. The number of hydrogen-bond acceptors (Lipinski definition) is 1. The fourth-order valence-corrected chi connectivity index (χ4v) is 2.29. The lowest BCUT2D eigenvalue weighted by molar-refractivity contribution is 0.494. The number of aliphatic imine (C=N–C) groups is 1. The second kappa shape index (κ2) is 8.29. The molecular formula is C18H23FIN3. The maximum Gasteiger partial charge on any atom is 0.193 e. The van der Waals surface area contributed by atoms with Crippen LogP contribution in [-0.2, 0) is 5.41 Å². The highest BCUT2D eigenvalue weighted by Crippen LogP contribution is 2.25. The Labute approximate surface area is 154 Å². The molecule has 3 nitrogen and oxygen atoms in total. The third-order valence-electron chi connectivity index (χ3n) is 3.54. The molecule has 2 aromatic rings. The Kier molecular flexibility index (Phi) is 7.00. The van der Waals surface area contributed by atoms with E-state index in [2.05, 4.69) is 10.3 Å². The molecule has 0 aromatic heterocycles. The Balaban J connectivity index is 0.00000264. The molecule has 0 aliphatic rings. The predicted molar refractivity (Wildman–Crippen MR) is 106 cm³/mol. The monoisotopic (exact) mass is 427 g/mol. The summed E-state index contributed by atoms with van der Waals surface area (Å²) in [5, 5.41) is 3.06. The first-order valence-electron chi connectivity index (χ1n) is 7.27. The van der Waals surface area contributed by atoms with E-state index in [9.17, 15) is 4.39 Å². The van der Waals surface area contributed by atoms with E-state index in [4.69, 9.17) is 5.73 Å². The quantitative estimate of drug-likeness (QED) is 0.430. The van der Waals surface area contributed by atoms with Crippen molar-refractivity contribution in [2.75, 3.05) is 11.9 Å². The Morgan fingerprint density at radius 1 is 1.17 bits per heavy atom. The van der Waals surface area contributed by atoms with Gasteiger partial charge in [0.2, 0.25) is 0 Å². The highest BCUT2D eigenvalue weighted by atomic mass is 127. The van der Waals surface area contributed by atoms with E-state index >= 15 is 0 Å². The summed E-state index contributed by atoms with van der Waals surface area (Å²) < 4.78 is 13.9. The van der Waals surface area contributed by atoms with Gasteiger partial charge in [0.05, 0.1) is 6.54 Å². The largest absolute Gasteiger partial charge is 0.370 e. The maximum atomic E-state index is 13.9. The van der Waals surface area contributed by atoms with Crippen molar-refractivity contribution in [3.05, 3.63) is 65.5 Å². The van der Waals surface area contributed by atoms with Gasteiger partial charge in [-0.15, -0.1) is 24.0 Å². The van der Waals surface area contributed by atoms with Crippen LogP contribution in [0, 0.1) is 12.7 Å². The number of hydrogen-bond donors (Lipinski definition) is 2. The van der Waals surface area contributed by atoms with E-state index in [1.807, 2.05) is 51.1 Å². The summed E-state index contributed by atoms with van der Waals surface area (Å²) in [5.74, 6) is 0.114. The average Bonchev–Trinajstić information content (AvgIpc) is 2.45. The van der Waals surface area contributed by atoms with Crippen molar-refractivity contribution in [3.8, 4) is 0 Å². The van der Waals surface area contributed by atoms with Gasteiger partial charge in [-0.2, -0.15) is 0 Å².